The van der Waals surface area contributed by atoms with Gasteiger partial charge < -0.3 is 10.6 Å². The Morgan fingerprint density at radius 1 is 1.39 bits per heavy atom. The van der Waals surface area contributed by atoms with E-state index in [0.29, 0.717) is 5.96 Å². The van der Waals surface area contributed by atoms with Gasteiger partial charge in [-0.15, -0.1) is 11.3 Å². The molecule has 0 bridgehead atoms. The molecule has 2 heterocycles. The van der Waals surface area contributed by atoms with Crippen LogP contribution in [0.15, 0.2) is 17.1 Å². The van der Waals surface area contributed by atoms with Crippen molar-refractivity contribution < 1.29 is 0 Å². The molecular formula is C14H23N3S. The molecule has 1 aliphatic heterocycles. The minimum Gasteiger partial charge on any atom is -0.370 e. The molecule has 2 N–H and O–H groups in total. The summed E-state index contributed by atoms with van der Waals surface area (Å²) < 4.78 is 0. The number of likely N-dealkylation sites (tertiary alicyclic amines) is 1. The van der Waals surface area contributed by atoms with E-state index in [0.717, 1.165) is 32.0 Å². The fourth-order valence-corrected chi connectivity index (χ4v) is 3.08. The second-order valence-electron chi connectivity index (χ2n) is 5.07. The van der Waals surface area contributed by atoms with Crippen LogP contribution < -0.4 is 5.73 Å². The van der Waals surface area contributed by atoms with E-state index in [1.165, 1.54) is 22.6 Å². The van der Waals surface area contributed by atoms with E-state index < -0.39 is 0 Å². The first kappa shape index (κ1) is 13.4. The third-order valence-corrected chi connectivity index (χ3v) is 4.78. The highest BCUT2D eigenvalue weighted by Crippen LogP contribution is 2.18. The molecule has 3 nitrogen and oxygen atoms in total. The van der Waals surface area contributed by atoms with E-state index in [1.54, 1.807) is 0 Å². The number of hydrogen-bond acceptors (Lipinski definition) is 2. The molecule has 0 saturated carbocycles. The maximum atomic E-state index is 6.06. The lowest BCUT2D eigenvalue weighted by Gasteiger charge is -2.30. The van der Waals surface area contributed by atoms with Gasteiger partial charge in [0.2, 0.25) is 0 Å². The lowest BCUT2D eigenvalue weighted by Crippen LogP contribution is -2.42. The molecule has 0 radical (unpaired) electrons. The van der Waals surface area contributed by atoms with Crippen molar-refractivity contribution in [3.63, 3.8) is 0 Å². The maximum absolute atomic E-state index is 6.06. The van der Waals surface area contributed by atoms with Crippen LogP contribution in [0.2, 0.25) is 0 Å². The number of nitrogens with two attached hydrogens (primary N) is 1. The van der Waals surface area contributed by atoms with E-state index >= 15 is 0 Å². The smallest absolute Gasteiger partial charge is 0.191 e. The summed E-state index contributed by atoms with van der Waals surface area (Å²) in [6.07, 6.45) is 3.57. The highest BCUT2D eigenvalue weighted by molar-refractivity contribution is 7.11. The highest BCUT2D eigenvalue weighted by atomic mass is 32.1. The van der Waals surface area contributed by atoms with Gasteiger partial charge in [0.05, 0.1) is 6.54 Å². The largest absolute Gasteiger partial charge is 0.370 e. The zero-order valence-electron chi connectivity index (χ0n) is 11.4. The number of thiophene rings is 1. The van der Waals surface area contributed by atoms with E-state index in [9.17, 15) is 0 Å². The molecular weight excluding hydrogens is 242 g/mol. The van der Waals surface area contributed by atoms with Crippen LogP contribution in [0.5, 0.6) is 0 Å². The van der Waals surface area contributed by atoms with Crippen LogP contribution in [0.4, 0.5) is 0 Å². The van der Waals surface area contributed by atoms with Crippen LogP contribution >= 0.6 is 11.3 Å². The number of aryl methyl sites for hydroxylation is 1. The van der Waals surface area contributed by atoms with Gasteiger partial charge in [0.15, 0.2) is 5.96 Å². The first-order valence-electron chi connectivity index (χ1n) is 6.81. The number of piperidine rings is 1. The Labute approximate surface area is 114 Å². The molecule has 1 aromatic heterocycles. The second-order valence-corrected chi connectivity index (χ2v) is 6.32. The van der Waals surface area contributed by atoms with E-state index in [-0.39, 0.29) is 0 Å². The molecule has 0 atom stereocenters. The summed E-state index contributed by atoms with van der Waals surface area (Å²) in [7, 11) is 0. The lowest BCUT2D eigenvalue weighted by atomic mass is 10.00. The number of aliphatic imine (C=N–C) groups is 1. The van der Waals surface area contributed by atoms with Crippen molar-refractivity contribution in [1.29, 1.82) is 0 Å². The van der Waals surface area contributed by atoms with Crippen LogP contribution in [-0.4, -0.2) is 23.9 Å². The normalized spacial score (nSPS) is 18.3. The van der Waals surface area contributed by atoms with Gasteiger partial charge in [-0.25, -0.2) is 4.99 Å². The first-order chi connectivity index (χ1) is 8.69. The lowest BCUT2D eigenvalue weighted by molar-refractivity contribution is 0.277. The molecule has 0 aromatic carbocycles. The summed E-state index contributed by atoms with van der Waals surface area (Å²) in [4.78, 5) is 9.47. The minimum atomic E-state index is 0.716. The van der Waals surface area contributed by atoms with Crippen molar-refractivity contribution in [2.45, 2.75) is 39.7 Å². The SMILES string of the molecule is CCc1ccc(CN=C(N)N2CCC(C)CC2)s1. The zero-order valence-corrected chi connectivity index (χ0v) is 12.2. The van der Waals surface area contributed by atoms with Crippen LogP contribution in [0, 0.1) is 5.92 Å². The average molecular weight is 265 g/mol. The summed E-state index contributed by atoms with van der Waals surface area (Å²) in [5.41, 5.74) is 6.06. The van der Waals surface area contributed by atoms with Gasteiger partial charge in [0.1, 0.15) is 0 Å². The van der Waals surface area contributed by atoms with Crippen LogP contribution in [0.1, 0.15) is 36.4 Å². The Morgan fingerprint density at radius 3 is 2.67 bits per heavy atom. The zero-order chi connectivity index (χ0) is 13.0. The summed E-state index contributed by atoms with van der Waals surface area (Å²) in [6, 6.07) is 4.35. The third-order valence-electron chi connectivity index (χ3n) is 3.57. The predicted octanol–water partition coefficient (Wildman–Crippen LogP) is 2.86. The molecule has 0 amide bonds. The van der Waals surface area contributed by atoms with Gasteiger partial charge in [-0.05, 0) is 37.3 Å². The molecule has 1 aromatic rings. The molecule has 1 fully saturated rings. The molecule has 1 saturated heterocycles. The van der Waals surface area contributed by atoms with E-state index in [1.807, 2.05) is 11.3 Å². The molecule has 2 rings (SSSR count). The number of nitrogens with zero attached hydrogens (tertiary/aromatic N) is 2. The molecule has 0 spiro atoms. The number of guanidine groups is 1. The van der Waals surface area contributed by atoms with Crippen LogP contribution in [-0.2, 0) is 13.0 Å². The fourth-order valence-electron chi connectivity index (χ4n) is 2.19. The molecule has 100 valence electrons. The van der Waals surface area contributed by atoms with Crippen molar-refractivity contribution >= 4 is 17.3 Å². The van der Waals surface area contributed by atoms with Crippen LogP contribution in [0.3, 0.4) is 0 Å². The van der Waals surface area contributed by atoms with Gasteiger partial charge in [-0.2, -0.15) is 0 Å². The van der Waals surface area contributed by atoms with Gasteiger partial charge >= 0.3 is 0 Å². The fraction of sp³-hybridized carbons (Fsp3) is 0.643. The molecule has 4 heteroatoms. The summed E-state index contributed by atoms with van der Waals surface area (Å²) in [5.74, 6) is 1.55. The Hall–Kier alpha value is -1.03. The Bertz CT molecular complexity index is 403. The Morgan fingerprint density at radius 2 is 2.06 bits per heavy atom. The monoisotopic (exact) mass is 265 g/mol. The van der Waals surface area contributed by atoms with Crippen molar-refractivity contribution in [2.75, 3.05) is 13.1 Å². The molecule has 0 aliphatic carbocycles. The van der Waals surface area contributed by atoms with E-state index in [2.05, 4.69) is 35.9 Å². The maximum Gasteiger partial charge on any atom is 0.191 e. The molecule has 0 unspecified atom stereocenters. The molecule has 18 heavy (non-hydrogen) atoms. The Balaban J connectivity index is 1.88. The first-order valence-corrected chi connectivity index (χ1v) is 7.63. The van der Waals surface area contributed by atoms with Gasteiger partial charge in [0.25, 0.3) is 0 Å². The third kappa shape index (κ3) is 3.48. The van der Waals surface area contributed by atoms with Gasteiger partial charge in [-0.3, -0.25) is 0 Å². The summed E-state index contributed by atoms with van der Waals surface area (Å²) in [5, 5.41) is 0. The standard InChI is InChI=1S/C14H23N3S/c1-3-12-4-5-13(18-12)10-16-14(15)17-8-6-11(2)7-9-17/h4-5,11H,3,6-10H2,1-2H3,(H2,15,16). The van der Waals surface area contributed by atoms with Crippen molar-refractivity contribution in [3.05, 3.63) is 21.9 Å². The van der Waals surface area contributed by atoms with Gasteiger partial charge in [-0.1, -0.05) is 13.8 Å². The minimum absolute atomic E-state index is 0.716. The Kier molecular flexibility index (Phi) is 4.64. The van der Waals surface area contributed by atoms with E-state index in [4.69, 9.17) is 5.73 Å². The summed E-state index contributed by atoms with van der Waals surface area (Å²) in [6.45, 7) is 7.33. The second kappa shape index (κ2) is 6.23. The van der Waals surface area contributed by atoms with Crippen molar-refractivity contribution in [3.8, 4) is 0 Å². The van der Waals surface area contributed by atoms with Crippen molar-refractivity contribution in [2.24, 2.45) is 16.6 Å². The highest BCUT2D eigenvalue weighted by Gasteiger charge is 2.16. The molecule has 1 aliphatic rings. The topological polar surface area (TPSA) is 41.6 Å². The number of rotatable bonds is 3. The summed E-state index contributed by atoms with van der Waals surface area (Å²) >= 11 is 1.84. The number of hydrogen-bond donors (Lipinski definition) is 1. The quantitative estimate of drug-likeness (QED) is 0.674. The van der Waals surface area contributed by atoms with Crippen LogP contribution in [0.25, 0.3) is 0 Å². The van der Waals surface area contributed by atoms with Crippen molar-refractivity contribution in [1.82, 2.24) is 4.90 Å². The average Bonchev–Trinajstić information content (AvgIpc) is 2.85. The predicted molar refractivity (Wildman–Crippen MR) is 79.0 cm³/mol. The van der Waals surface area contributed by atoms with Gasteiger partial charge in [0, 0.05) is 22.8 Å².